The minimum atomic E-state index is 0.121. The summed E-state index contributed by atoms with van der Waals surface area (Å²) < 4.78 is 22.0. The summed E-state index contributed by atoms with van der Waals surface area (Å²) in [5.74, 6) is 2.35. The average Bonchev–Trinajstić information content (AvgIpc) is 2.94. The van der Waals surface area contributed by atoms with E-state index in [0.717, 1.165) is 48.7 Å². The van der Waals surface area contributed by atoms with Crippen LogP contribution in [0, 0.1) is 0 Å². The van der Waals surface area contributed by atoms with Gasteiger partial charge in [0.2, 0.25) is 6.79 Å². The van der Waals surface area contributed by atoms with Gasteiger partial charge in [-0.05, 0) is 31.4 Å². The molecule has 1 heterocycles. The lowest BCUT2D eigenvalue weighted by Crippen LogP contribution is -2.21. The smallest absolute Gasteiger partial charge is 0.231 e. The summed E-state index contributed by atoms with van der Waals surface area (Å²) in [4.78, 5) is 0. The van der Waals surface area contributed by atoms with Gasteiger partial charge in [-0.15, -0.1) is 0 Å². The molecule has 1 aromatic rings. The predicted molar refractivity (Wildman–Crippen MR) is 81.1 cm³/mol. The van der Waals surface area contributed by atoms with E-state index in [9.17, 15) is 0 Å². The van der Waals surface area contributed by atoms with Gasteiger partial charge in [0.25, 0.3) is 0 Å². The van der Waals surface area contributed by atoms with E-state index in [4.69, 9.17) is 24.7 Å². The predicted octanol–water partition coefficient (Wildman–Crippen LogP) is 2.50. The van der Waals surface area contributed by atoms with Gasteiger partial charge < -0.3 is 24.7 Å². The van der Waals surface area contributed by atoms with Crippen LogP contribution in [-0.4, -0.2) is 32.7 Å². The normalized spacial score (nSPS) is 14.2. The summed E-state index contributed by atoms with van der Waals surface area (Å²) >= 11 is 0. The SMILES string of the molecule is CCOCCCOc1cc2c(cc1CC(N)CC)OCO2. The molecule has 2 N–H and O–H groups in total. The fraction of sp³-hybridized carbons (Fsp3) is 0.625. The van der Waals surface area contributed by atoms with Crippen LogP contribution >= 0.6 is 0 Å². The first-order valence-corrected chi connectivity index (χ1v) is 7.63. The molecule has 0 radical (unpaired) electrons. The molecule has 1 aliphatic heterocycles. The standard InChI is InChI=1S/C16H25NO4/c1-3-13(17)8-12-9-15-16(21-11-20-15)10-14(12)19-7-5-6-18-4-2/h9-10,13H,3-8,11,17H2,1-2H3. The van der Waals surface area contributed by atoms with Gasteiger partial charge in [0, 0.05) is 31.7 Å². The highest BCUT2D eigenvalue weighted by Gasteiger charge is 2.19. The third kappa shape index (κ3) is 4.51. The Labute approximate surface area is 126 Å². The fourth-order valence-electron chi connectivity index (χ4n) is 2.17. The Hall–Kier alpha value is -1.46. The van der Waals surface area contributed by atoms with Crippen molar-refractivity contribution < 1.29 is 18.9 Å². The van der Waals surface area contributed by atoms with E-state index in [0.29, 0.717) is 13.2 Å². The molecule has 5 nitrogen and oxygen atoms in total. The van der Waals surface area contributed by atoms with Crippen molar-refractivity contribution in [3.8, 4) is 17.2 Å². The molecular formula is C16H25NO4. The van der Waals surface area contributed by atoms with Gasteiger partial charge in [-0.2, -0.15) is 0 Å². The summed E-state index contributed by atoms with van der Waals surface area (Å²) in [6.07, 6.45) is 2.56. The Morgan fingerprint density at radius 2 is 1.95 bits per heavy atom. The van der Waals surface area contributed by atoms with Gasteiger partial charge in [0.15, 0.2) is 11.5 Å². The maximum atomic E-state index is 6.07. The first-order valence-electron chi connectivity index (χ1n) is 7.63. The lowest BCUT2D eigenvalue weighted by atomic mass is 10.0. The van der Waals surface area contributed by atoms with Crippen molar-refractivity contribution in [3.05, 3.63) is 17.7 Å². The zero-order chi connectivity index (χ0) is 15.1. The molecular weight excluding hydrogens is 270 g/mol. The molecule has 1 aromatic carbocycles. The van der Waals surface area contributed by atoms with E-state index in [-0.39, 0.29) is 12.8 Å². The molecule has 0 saturated heterocycles. The van der Waals surface area contributed by atoms with Crippen molar-refractivity contribution in [2.45, 2.75) is 39.2 Å². The topological polar surface area (TPSA) is 62.9 Å². The first-order chi connectivity index (χ1) is 10.2. The molecule has 0 aromatic heterocycles. The molecule has 1 unspecified atom stereocenters. The molecule has 0 bridgehead atoms. The number of ether oxygens (including phenoxy) is 4. The van der Waals surface area contributed by atoms with Gasteiger partial charge in [-0.25, -0.2) is 0 Å². The zero-order valence-electron chi connectivity index (χ0n) is 12.9. The molecule has 0 spiro atoms. The van der Waals surface area contributed by atoms with E-state index in [1.165, 1.54) is 0 Å². The summed E-state index contributed by atoms with van der Waals surface area (Å²) in [6.45, 7) is 6.41. The highest BCUT2D eigenvalue weighted by Crippen LogP contribution is 2.38. The second-order valence-electron chi connectivity index (χ2n) is 5.08. The quantitative estimate of drug-likeness (QED) is 0.709. The van der Waals surface area contributed by atoms with E-state index in [1.54, 1.807) is 0 Å². The van der Waals surface area contributed by atoms with Crippen molar-refractivity contribution >= 4 is 0 Å². The van der Waals surface area contributed by atoms with E-state index < -0.39 is 0 Å². The highest BCUT2D eigenvalue weighted by molar-refractivity contribution is 5.52. The van der Waals surface area contributed by atoms with Crippen molar-refractivity contribution in [2.24, 2.45) is 5.73 Å². The van der Waals surface area contributed by atoms with Gasteiger partial charge in [-0.3, -0.25) is 0 Å². The number of fused-ring (bicyclic) bond motifs is 1. The Morgan fingerprint density at radius 1 is 1.19 bits per heavy atom. The van der Waals surface area contributed by atoms with Crippen LogP contribution in [0.15, 0.2) is 12.1 Å². The molecule has 1 aliphatic rings. The minimum absolute atomic E-state index is 0.121. The molecule has 0 fully saturated rings. The maximum Gasteiger partial charge on any atom is 0.231 e. The molecule has 0 saturated carbocycles. The first kappa shape index (κ1) is 15.9. The van der Waals surface area contributed by atoms with Crippen LogP contribution < -0.4 is 19.9 Å². The average molecular weight is 295 g/mol. The third-order valence-corrected chi connectivity index (χ3v) is 3.46. The lowest BCUT2D eigenvalue weighted by Gasteiger charge is -2.15. The molecule has 5 heteroatoms. The Bertz CT molecular complexity index is 450. The largest absolute Gasteiger partial charge is 0.493 e. The monoisotopic (exact) mass is 295 g/mol. The second-order valence-corrected chi connectivity index (χ2v) is 5.08. The summed E-state index contributed by atoms with van der Waals surface area (Å²) in [6, 6.07) is 4.01. The van der Waals surface area contributed by atoms with E-state index in [2.05, 4.69) is 6.92 Å². The van der Waals surface area contributed by atoms with E-state index >= 15 is 0 Å². The number of hydrogen-bond acceptors (Lipinski definition) is 5. The third-order valence-electron chi connectivity index (χ3n) is 3.46. The molecule has 2 rings (SSSR count). The van der Waals surface area contributed by atoms with Crippen LogP contribution in [-0.2, 0) is 11.2 Å². The maximum absolute atomic E-state index is 6.07. The summed E-state index contributed by atoms with van der Waals surface area (Å²) in [5.41, 5.74) is 7.14. The fourth-order valence-corrected chi connectivity index (χ4v) is 2.17. The van der Waals surface area contributed by atoms with Crippen LogP contribution in [0.4, 0.5) is 0 Å². The van der Waals surface area contributed by atoms with Gasteiger partial charge in [0.1, 0.15) is 5.75 Å². The molecule has 21 heavy (non-hydrogen) atoms. The van der Waals surface area contributed by atoms with Crippen LogP contribution in [0.1, 0.15) is 32.3 Å². The zero-order valence-corrected chi connectivity index (χ0v) is 12.9. The Balaban J connectivity index is 2.02. The van der Waals surface area contributed by atoms with Crippen LogP contribution in [0.25, 0.3) is 0 Å². The van der Waals surface area contributed by atoms with Gasteiger partial charge in [-0.1, -0.05) is 6.92 Å². The molecule has 0 amide bonds. The van der Waals surface area contributed by atoms with Crippen molar-refractivity contribution in [1.29, 1.82) is 0 Å². The molecule has 118 valence electrons. The number of nitrogens with two attached hydrogens (primary N) is 1. The Kier molecular flexibility index (Phi) is 6.14. The second kappa shape index (κ2) is 8.10. The van der Waals surface area contributed by atoms with Crippen molar-refractivity contribution in [3.63, 3.8) is 0 Å². The Morgan fingerprint density at radius 3 is 2.67 bits per heavy atom. The van der Waals surface area contributed by atoms with E-state index in [1.807, 2.05) is 19.1 Å². The van der Waals surface area contributed by atoms with Crippen molar-refractivity contribution in [2.75, 3.05) is 26.6 Å². The molecule has 0 aliphatic carbocycles. The van der Waals surface area contributed by atoms with Crippen molar-refractivity contribution in [1.82, 2.24) is 0 Å². The number of benzene rings is 1. The van der Waals surface area contributed by atoms with Crippen LogP contribution in [0.5, 0.6) is 17.2 Å². The van der Waals surface area contributed by atoms with Gasteiger partial charge in [0.05, 0.1) is 6.61 Å². The van der Waals surface area contributed by atoms with Gasteiger partial charge >= 0.3 is 0 Å². The summed E-state index contributed by atoms with van der Waals surface area (Å²) in [5, 5.41) is 0. The van der Waals surface area contributed by atoms with Crippen LogP contribution in [0.2, 0.25) is 0 Å². The van der Waals surface area contributed by atoms with Crippen LogP contribution in [0.3, 0.4) is 0 Å². The molecule has 1 atom stereocenters. The summed E-state index contributed by atoms with van der Waals surface area (Å²) in [7, 11) is 0. The number of hydrogen-bond donors (Lipinski definition) is 1. The number of rotatable bonds is 9. The lowest BCUT2D eigenvalue weighted by molar-refractivity contribution is 0.130. The highest BCUT2D eigenvalue weighted by atomic mass is 16.7. The minimum Gasteiger partial charge on any atom is -0.493 e.